The summed E-state index contributed by atoms with van der Waals surface area (Å²) in [6.07, 6.45) is 3.89. The van der Waals surface area contributed by atoms with Crippen LogP contribution >= 0.6 is 0 Å². The fraction of sp³-hybridized carbons (Fsp3) is 0.344. The highest BCUT2D eigenvalue weighted by Gasteiger charge is 2.72. The van der Waals surface area contributed by atoms with Crippen LogP contribution in [0.15, 0.2) is 158 Å². The van der Waals surface area contributed by atoms with E-state index in [4.69, 9.17) is 9.47 Å². The number of hydrogen-bond donors (Lipinski definition) is 0. The van der Waals surface area contributed by atoms with Gasteiger partial charge in [0.05, 0.1) is 19.6 Å². The normalized spacial score (nSPS) is 15.4. The molecule has 0 N–H and O–H groups in total. The third kappa shape index (κ3) is 12.0. The topological polar surface area (TPSA) is 154 Å². The second-order valence-electron chi connectivity index (χ2n) is 18.8. The highest BCUT2D eigenvalue weighted by molar-refractivity contribution is 6.30. The smallest absolute Gasteiger partial charge is 0.328 e. The van der Waals surface area contributed by atoms with Gasteiger partial charge in [0.15, 0.2) is 17.3 Å². The Morgan fingerprint density at radius 2 is 1.17 bits per heavy atom. The van der Waals surface area contributed by atoms with Crippen LogP contribution in [0.4, 0.5) is 0 Å². The Labute approximate surface area is 422 Å². The minimum absolute atomic E-state index is 0.00192. The molecule has 7 rings (SSSR count). The van der Waals surface area contributed by atoms with E-state index in [1.165, 1.54) is 0 Å². The molecule has 0 saturated carbocycles. The molecule has 1 aliphatic rings. The average molecular weight is 969 g/mol. The molecule has 1 saturated heterocycles. The van der Waals surface area contributed by atoms with Crippen LogP contribution in [0.1, 0.15) is 73.8 Å². The van der Waals surface area contributed by atoms with E-state index >= 15 is 24.0 Å². The summed E-state index contributed by atoms with van der Waals surface area (Å²) in [6, 6.07) is 43.8. The predicted molar refractivity (Wildman–Crippen MR) is 275 cm³/mol. The molecule has 6 aromatic rings. The van der Waals surface area contributed by atoms with Crippen molar-refractivity contribution in [3.05, 3.63) is 186 Å². The van der Waals surface area contributed by atoms with E-state index in [1.807, 2.05) is 109 Å². The van der Waals surface area contributed by atoms with Gasteiger partial charge < -0.3 is 19.2 Å². The van der Waals surface area contributed by atoms with Crippen LogP contribution in [0.5, 0.6) is 0 Å². The lowest BCUT2D eigenvalue weighted by atomic mass is 9.49. The number of pyridine rings is 1. The van der Waals surface area contributed by atoms with Crippen molar-refractivity contribution in [1.82, 2.24) is 9.88 Å². The van der Waals surface area contributed by atoms with Gasteiger partial charge in [0.25, 0.3) is 0 Å². The zero-order chi connectivity index (χ0) is 50.9. The van der Waals surface area contributed by atoms with Crippen molar-refractivity contribution in [1.29, 1.82) is 0 Å². The summed E-state index contributed by atoms with van der Waals surface area (Å²) in [7, 11) is 0. The fourth-order valence-corrected chi connectivity index (χ4v) is 10.7. The van der Waals surface area contributed by atoms with Gasteiger partial charge in [-0.3, -0.25) is 33.8 Å². The summed E-state index contributed by atoms with van der Waals surface area (Å²) >= 11 is 0. The number of amides is 1. The van der Waals surface area contributed by atoms with Crippen LogP contribution in [-0.2, 0) is 75.1 Å². The molecule has 5 unspecified atom stereocenters. The third-order valence-corrected chi connectivity index (χ3v) is 14.2. The molecule has 11 nitrogen and oxygen atoms in total. The monoisotopic (exact) mass is 968 g/mol. The summed E-state index contributed by atoms with van der Waals surface area (Å²) < 4.78 is 11.5. The molecule has 1 fully saturated rings. The second kappa shape index (κ2) is 25.1. The van der Waals surface area contributed by atoms with E-state index < -0.39 is 70.7 Å². The molecule has 72 heavy (non-hydrogen) atoms. The zero-order valence-electron chi connectivity index (χ0n) is 41.3. The Balaban J connectivity index is 1.57. The van der Waals surface area contributed by atoms with Crippen LogP contribution in [0.25, 0.3) is 10.8 Å². The van der Waals surface area contributed by atoms with E-state index in [9.17, 15) is 9.59 Å². The van der Waals surface area contributed by atoms with Gasteiger partial charge >= 0.3 is 11.9 Å². The molecule has 372 valence electrons. The lowest BCUT2D eigenvalue weighted by Gasteiger charge is -2.46. The number of ether oxygens (including phenoxy) is 2. The number of benzene rings is 5. The Morgan fingerprint density at radius 1 is 0.625 bits per heavy atom. The summed E-state index contributed by atoms with van der Waals surface area (Å²) in [5.74, 6) is -8.65. The van der Waals surface area contributed by atoms with Gasteiger partial charge in [0, 0.05) is 49.7 Å². The van der Waals surface area contributed by atoms with E-state index in [2.05, 4.69) is 4.98 Å². The molecule has 0 radical (unpaired) electrons. The average Bonchev–Trinajstić information content (AvgIpc) is 3.83. The van der Waals surface area contributed by atoms with Gasteiger partial charge in [0.1, 0.15) is 11.7 Å². The van der Waals surface area contributed by atoms with Crippen molar-refractivity contribution in [3.8, 4) is 0 Å². The lowest BCUT2D eigenvalue weighted by molar-refractivity contribution is -0.183. The van der Waals surface area contributed by atoms with Crippen molar-refractivity contribution >= 4 is 52.3 Å². The summed E-state index contributed by atoms with van der Waals surface area (Å²) in [4.78, 5) is 115. The number of fused-ring (bicyclic) bond motifs is 1. The van der Waals surface area contributed by atoms with Crippen molar-refractivity contribution in [2.24, 2.45) is 28.6 Å². The van der Waals surface area contributed by atoms with Crippen molar-refractivity contribution in [3.63, 3.8) is 0 Å². The number of esters is 2. The number of aryl methyl sites for hydroxylation is 1. The van der Waals surface area contributed by atoms with Crippen molar-refractivity contribution < 1.29 is 43.0 Å². The quantitative estimate of drug-likeness (QED) is 0.0277. The van der Waals surface area contributed by atoms with Gasteiger partial charge in [-0.2, -0.15) is 0 Å². The van der Waals surface area contributed by atoms with Gasteiger partial charge in [-0.25, -0.2) is 0 Å². The van der Waals surface area contributed by atoms with Crippen LogP contribution < -0.4 is 0 Å². The SMILES string of the molecule is CCOC(=O)CC(Cc1ccccc1)C(=O)C(C=O)(Cc1cccc2ccccc12)C(C(=O)OCC)(C(=O)C(CCc1ccncc1)Cc1ccccc1)C(=O)C(CCN1CCCC1=O)Cc1ccccc1. The van der Waals surface area contributed by atoms with Crippen LogP contribution in [0.3, 0.4) is 0 Å². The molecule has 1 aromatic heterocycles. The maximum atomic E-state index is 17.1. The molecule has 2 heterocycles. The lowest BCUT2D eigenvalue weighted by Crippen LogP contribution is -2.67. The van der Waals surface area contributed by atoms with E-state index in [1.54, 1.807) is 67.5 Å². The Hall–Kier alpha value is -7.40. The van der Waals surface area contributed by atoms with E-state index in [0.717, 1.165) is 16.5 Å². The zero-order valence-corrected chi connectivity index (χ0v) is 41.3. The molecule has 5 atom stereocenters. The molecule has 11 heteroatoms. The number of likely N-dealkylation sites (tertiary alicyclic amines) is 1. The summed E-state index contributed by atoms with van der Waals surface area (Å²) in [5.41, 5.74) is -2.63. The van der Waals surface area contributed by atoms with Crippen LogP contribution in [0.2, 0.25) is 0 Å². The first-order valence-corrected chi connectivity index (χ1v) is 25.2. The van der Waals surface area contributed by atoms with Gasteiger partial charge in [0.2, 0.25) is 11.3 Å². The van der Waals surface area contributed by atoms with Crippen LogP contribution in [0, 0.1) is 28.6 Å². The number of Topliss-reactive ketones (excluding diaryl/α,β-unsaturated/α-hetero) is 3. The summed E-state index contributed by atoms with van der Waals surface area (Å²) in [5, 5.41) is 1.39. The number of aldehydes is 1. The predicted octanol–water partition coefficient (Wildman–Crippen LogP) is 9.39. The molecule has 0 aliphatic carbocycles. The third-order valence-electron chi connectivity index (χ3n) is 14.2. The number of rotatable bonds is 27. The highest BCUT2D eigenvalue weighted by atomic mass is 16.5. The van der Waals surface area contributed by atoms with Crippen LogP contribution in [-0.4, -0.2) is 77.7 Å². The number of hydrogen-bond acceptors (Lipinski definition) is 10. The number of ketones is 3. The first-order chi connectivity index (χ1) is 35.0. The number of aromatic nitrogens is 1. The largest absolute Gasteiger partial charge is 0.466 e. The minimum atomic E-state index is -3.14. The van der Waals surface area contributed by atoms with Gasteiger partial charge in [-0.1, -0.05) is 133 Å². The van der Waals surface area contributed by atoms with E-state index in [-0.39, 0.29) is 57.8 Å². The molecule has 0 spiro atoms. The molecule has 5 aromatic carbocycles. The molecule has 0 bridgehead atoms. The Bertz CT molecular complexity index is 2800. The first kappa shape index (κ1) is 52.4. The summed E-state index contributed by atoms with van der Waals surface area (Å²) in [6.45, 7) is 3.48. The minimum Gasteiger partial charge on any atom is -0.466 e. The van der Waals surface area contributed by atoms with E-state index in [0.29, 0.717) is 54.2 Å². The second-order valence-corrected chi connectivity index (χ2v) is 18.8. The highest BCUT2D eigenvalue weighted by Crippen LogP contribution is 2.52. The number of carbonyl (C=O) groups is 7. The fourth-order valence-electron chi connectivity index (χ4n) is 10.7. The molecule has 1 aliphatic heterocycles. The first-order valence-electron chi connectivity index (χ1n) is 25.2. The molecule has 1 amide bonds. The Kier molecular flexibility index (Phi) is 18.3. The van der Waals surface area contributed by atoms with Gasteiger partial charge in [-0.15, -0.1) is 0 Å². The molecular formula is C61H64N2O9. The Morgan fingerprint density at radius 3 is 1.72 bits per heavy atom. The molecular weight excluding hydrogens is 905 g/mol. The van der Waals surface area contributed by atoms with Crippen molar-refractivity contribution in [2.45, 2.75) is 78.1 Å². The number of carbonyl (C=O) groups excluding carboxylic acids is 7. The van der Waals surface area contributed by atoms with Gasteiger partial charge in [-0.05, 0) is 116 Å². The number of nitrogens with zero attached hydrogens (tertiary/aromatic N) is 2. The standard InChI is InChI=1S/C61H64N2O9/c1-3-71-55(66)41-52(40-47-22-12-7-13-23-47)56(67)60(43-64,42-51-26-16-25-48-24-14-15-27-53(48)51)61(59(70)72-4-2,57(68)49(38-45-18-8-5-9-19-45)30-29-44-31-34-62-35-32-44)58(69)50(39-46-20-10-6-11-21-46)33-37-63-36-17-28-54(63)65/h5-16,18-27,31-32,34-35,43,49-50,52H,3-4,17,28-30,33,36-42H2,1-2H3. The van der Waals surface area contributed by atoms with Crippen molar-refractivity contribution in [2.75, 3.05) is 26.3 Å². The maximum Gasteiger partial charge on any atom is 0.328 e. The maximum absolute atomic E-state index is 17.1.